The highest BCUT2D eigenvalue weighted by molar-refractivity contribution is 9.10. The molecule has 0 fully saturated rings. The SMILES string of the molecule is COc1ccc(Br)cc1CCC(C)Br. The molecule has 0 N–H and O–H groups in total. The van der Waals surface area contributed by atoms with Gasteiger partial charge >= 0.3 is 0 Å². The Morgan fingerprint density at radius 1 is 1.43 bits per heavy atom. The third-order valence-electron chi connectivity index (χ3n) is 2.05. The molecule has 0 spiro atoms. The highest BCUT2D eigenvalue weighted by Crippen LogP contribution is 2.25. The van der Waals surface area contributed by atoms with E-state index in [0.717, 1.165) is 23.1 Å². The summed E-state index contributed by atoms with van der Waals surface area (Å²) < 4.78 is 6.40. The van der Waals surface area contributed by atoms with Crippen molar-refractivity contribution in [3.05, 3.63) is 28.2 Å². The Morgan fingerprint density at radius 3 is 2.71 bits per heavy atom. The fourth-order valence-electron chi connectivity index (χ4n) is 1.30. The van der Waals surface area contributed by atoms with Gasteiger partial charge in [0, 0.05) is 9.30 Å². The van der Waals surface area contributed by atoms with Crippen molar-refractivity contribution in [2.75, 3.05) is 7.11 Å². The smallest absolute Gasteiger partial charge is 0.122 e. The lowest BCUT2D eigenvalue weighted by atomic mass is 10.1. The lowest BCUT2D eigenvalue weighted by molar-refractivity contribution is 0.409. The van der Waals surface area contributed by atoms with Crippen LogP contribution in [-0.4, -0.2) is 11.9 Å². The topological polar surface area (TPSA) is 9.23 Å². The maximum atomic E-state index is 5.30. The second-order valence-electron chi connectivity index (χ2n) is 3.28. The van der Waals surface area contributed by atoms with E-state index in [1.807, 2.05) is 12.1 Å². The van der Waals surface area contributed by atoms with Crippen molar-refractivity contribution in [2.24, 2.45) is 0 Å². The lowest BCUT2D eigenvalue weighted by Gasteiger charge is -2.09. The molecular weight excluding hydrogens is 308 g/mol. The van der Waals surface area contributed by atoms with Crippen molar-refractivity contribution in [3.8, 4) is 5.75 Å². The van der Waals surface area contributed by atoms with Crippen LogP contribution in [-0.2, 0) is 6.42 Å². The first-order chi connectivity index (χ1) is 6.63. The van der Waals surface area contributed by atoms with E-state index in [1.54, 1.807) is 7.11 Å². The van der Waals surface area contributed by atoms with Gasteiger partial charge in [-0.05, 0) is 36.6 Å². The molecule has 78 valence electrons. The second-order valence-corrected chi connectivity index (χ2v) is 5.75. The van der Waals surface area contributed by atoms with Crippen molar-refractivity contribution in [3.63, 3.8) is 0 Å². The van der Waals surface area contributed by atoms with Crippen LogP contribution in [0.2, 0.25) is 0 Å². The van der Waals surface area contributed by atoms with E-state index in [2.05, 4.69) is 44.8 Å². The van der Waals surface area contributed by atoms with Gasteiger partial charge in [-0.1, -0.05) is 38.8 Å². The van der Waals surface area contributed by atoms with Crippen molar-refractivity contribution in [2.45, 2.75) is 24.6 Å². The van der Waals surface area contributed by atoms with Crippen LogP contribution in [0.4, 0.5) is 0 Å². The lowest BCUT2D eigenvalue weighted by Crippen LogP contribution is -1.97. The predicted molar refractivity (Wildman–Crippen MR) is 67.4 cm³/mol. The van der Waals surface area contributed by atoms with Crippen LogP contribution in [0.3, 0.4) is 0 Å². The Bertz CT molecular complexity index is 297. The zero-order valence-electron chi connectivity index (χ0n) is 8.39. The van der Waals surface area contributed by atoms with Gasteiger partial charge < -0.3 is 4.74 Å². The number of methoxy groups -OCH3 is 1. The Kier molecular flexibility index (Phi) is 4.96. The fraction of sp³-hybridized carbons (Fsp3) is 0.455. The first-order valence-corrected chi connectivity index (χ1v) is 6.31. The maximum absolute atomic E-state index is 5.30. The highest BCUT2D eigenvalue weighted by Gasteiger charge is 2.05. The van der Waals surface area contributed by atoms with Crippen LogP contribution < -0.4 is 4.74 Å². The molecule has 0 aliphatic carbocycles. The summed E-state index contributed by atoms with van der Waals surface area (Å²) in [4.78, 5) is 0.547. The fourth-order valence-corrected chi connectivity index (χ4v) is 1.93. The van der Waals surface area contributed by atoms with Gasteiger partial charge in [-0.15, -0.1) is 0 Å². The van der Waals surface area contributed by atoms with Crippen molar-refractivity contribution in [1.29, 1.82) is 0 Å². The second kappa shape index (κ2) is 5.76. The molecule has 3 heteroatoms. The molecule has 14 heavy (non-hydrogen) atoms. The average Bonchev–Trinajstić information content (AvgIpc) is 2.15. The third kappa shape index (κ3) is 3.62. The molecule has 0 saturated carbocycles. The van der Waals surface area contributed by atoms with Gasteiger partial charge in [0.2, 0.25) is 0 Å². The van der Waals surface area contributed by atoms with E-state index < -0.39 is 0 Å². The van der Waals surface area contributed by atoms with Gasteiger partial charge in [-0.3, -0.25) is 0 Å². The Hall–Kier alpha value is -0.0200. The summed E-state index contributed by atoms with van der Waals surface area (Å²) in [6.07, 6.45) is 2.15. The number of rotatable bonds is 4. The van der Waals surface area contributed by atoms with E-state index in [4.69, 9.17) is 4.74 Å². The molecule has 1 aromatic rings. The molecule has 0 amide bonds. The molecule has 0 aliphatic heterocycles. The minimum atomic E-state index is 0.547. The predicted octanol–water partition coefficient (Wildman–Crippen LogP) is 4.17. The van der Waals surface area contributed by atoms with Crippen LogP contribution in [0, 0.1) is 0 Å². The number of alkyl halides is 1. The minimum absolute atomic E-state index is 0.547. The highest BCUT2D eigenvalue weighted by atomic mass is 79.9. The van der Waals surface area contributed by atoms with Crippen LogP contribution in [0.25, 0.3) is 0 Å². The number of aryl methyl sites for hydroxylation is 1. The van der Waals surface area contributed by atoms with Gasteiger partial charge in [0.1, 0.15) is 5.75 Å². The third-order valence-corrected chi connectivity index (χ3v) is 3.00. The van der Waals surface area contributed by atoms with Gasteiger partial charge in [0.15, 0.2) is 0 Å². The van der Waals surface area contributed by atoms with Crippen molar-refractivity contribution < 1.29 is 4.74 Å². The van der Waals surface area contributed by atoms with Gasteiger partial charge in [-0.2, -0.15) is 0 Å². The molecule has 0 aliphatic rings. The monoisotopic (exact) mass is 320 g/mol. The van der Waals surface area contributed by atoms with E-state index >= 15 is 0 Å². The standard InChI is InChI=1S/C11H14Br2O/c1-8(12)3-4-9-7-10(13)5-6-11(9)14-2/h5-8H,3-4H2,1-2H3. The number of hydrogen-bond acceptors (Lipinski definition) is 1. The average molecular weight is 322 g/mol. The normalized spacial score (nSPS) is 12.6. The van der Waals surface area contributed by atoms with Crippen LogP contribution >= 0.6 is 31.9 Å². The summed E-state index contributed by atoms with van der Waals surface area (Å²) in [6, 6.07) is 6.12. The van der Waals surface area contributed by atoms with Gasteiger partial charge in [0.05, 0.1) is 7.11 Å². The van der Waals surface area contributed by atoms with E-state index in [0.29, 0.717) is 4.83 Å². The number of ether oxygens (including phenoxy) is 1. The molecule has 0 bridgehead atoms. The van der Waals surface area contributed by atoms with Crippen molar-refractivity contribution >= 4 is 31.9 Å². The summed E-state index contributed by atoms with van der Waals surface area (Å²) >= 11 is 7.01. The molecule has 0 radical (unpaired) electrons. The zero-order valence-corrected chi connectivity index (χ0v) is 11.6. The van der Waals surface area contributed by atoms with E-state index in [1.165, 1.54) is 5.56 Å². The first kappa shape index (κ1) is 12.1. The van der Waals surface area contributed by atoms with E-state index in [9.17, 15) is 0 Å². The summed E-state index contributed by atoms with van der Waals surface area (Å²) in [5, 5.41) is 0. The Balaban J connectivity index is 2.77. The summed E-state index contributed by atoms with van der Waals surface area (Å²) in [5.41, 5.74) is 1.26. The molecule has 1 nitrogen and oxygen atoms in total. The largest absolute Gasteiger partial charge is 0.496 e. The molecule has 0 heterocycles. The Morgan fingerprint density at radius 2 is 2.14 bits per heavy atom. The summed E-state index contributed by atoms with van der Waals surface area (Å²) in [7, 11) is 1.71. The van der Waals surface area contributed by atoms with Crippen LogP contribution in [0.5, 0.6) is 5.75 Å². The molecule has 1 aromatic carbocycles. The summed E-state index contributed by atoms with van der Waals surface area (Å²) in [5.74, 6) is 0.973. The molecule has 1 unspecified atom stereocenters. The van der Waals surface area contributed by atoms with E-state index in [-0.39, 0.29) is 0 Å². The maximum Gasteiger partial charge on any atom is 0.122 e. The molecule has 1 rings (SSSR count). The zero-order chi connectivity index (χ0) is 10.6. The number of hydrogen-bond donors (Lipinski definition) is 0. The first-order valence-electron chi connectivity index (χ1n) is 4.60. The van der Waals surface area contributed by atoms with Crippen LogP contribution in [0.1, 0.15) is 18.9 Å². The molecule has 0 saturated heterocycles. The number of halogens is 2. The molecular formula is C11H14Br2O. The van der Waals surface area contributed by atoms with Gasteiger partial charge in [-0.25, -0.2) is 0 Å². The quantitative estimate of drug-likeness (QED) is 0.756. The van der Waals surface area contributed by atoms with Crippen LogP contribution in [0.15, 0.2) is 22.7 Å². The molecule has 1 atom stereocenters. The van der Waals surface area contributed by atoms with Gasteiger partial charge in [0.25, 0.3) is 0 Å². The number of benzene rings is 1. The Labute approximate surface area is 102 Å². The molecule has 0 aromatic heterocycles. The van der Waals surface area contributed by atoms with Crippen molar-refractivity contribution in [1.82, 2.24) is 0 Å². The minimum Gasteiger partial charge on any atom is -0.496 e. The summed E-state index contributed by atoms with van der Waals surface area (Å²) in [6.45, 7) is 2.16.